The molecule has 0 saturated carbocycles. The van der Waals surface area contributed by atoms with E-state index in [0.717, 1.165) is 19.4 Å². The van der Waals surface area contributed by atoms with Gasteiger partial charge in [-0.15, -0.1) is 0 Å². The lowest BCUT2D eigenvalue weighted by Crippen LogP contribution is -2.47. The number of nitrogens with one attached hydrogen (secondary N) is 1. The zero-order valence-electron chi connectivity index (χ0n) is 9.75. The lowest BCUT2D eigenvalue weighted by Gasteiger charge is -2.37. The second-order valence-corrected chi connectivity index (χ2v) is 4.96. The first-order chi connectivity index (χ1) is 6.89. The van der Waals surface area contributed by atoms with Crippen LogP contribution in [0.5, 0.6) is 0 Å². The molecule has 1 aliphatic heterocycles. The average molecular weight is 215 g/mol. The van der Waals surface area contributed by atoms with Gasteiger partial charge in [0.25, 0.3) is 0 Å². The van der Waals surface area contributed by atoms with Gasteiger partial charge in [-0.3, -0.25) is 4.79 Å². The fourth-order valence-electron chi connectivity index (χ4n) is 2.10. The summed E-state index contributed by atoms with van der Waals surface area (Å²) in [6.45, 7) is 6.81. The number of carboxylic acid groups (broad SMARTS) is 1. The lowest BCUT2D eigenvalue weighted by molar-refractivity contribution is -0.137. The van der Waals surface area contributed by atoms with Crippen LogP contribution in [0.3, 0.4) is 0 Å². The molecular formula is C11H21NO3. The zero-order chi connectivity index (χ0) is 11.5. The van der Waals surface area contributed by atoms with Crippen molar-refractivity contribution in [2.24, 2.45) is 0 Å². The van der Waals surface area contributed by atoms with E-state index < -0.39 is 5.97 Å². The number of carbonyl (C=O) groups is 1. The van der Waals surface area contributed by atoms with Crippen molar-refractivity contribution in [2.45, 2.75) is 57.7 Å². The van der Waals surface area contributed by atoms with E-state index in [9.17, 15) is 4.79 Å². The average Bonchev–Trinajstić information content (AvgIpc) is 1.99. The summed E-state index contributed by atoms with van der Waals surface area (Å²) in [7, 11) is 0. The van der Waals surface area contributed by atoms with E-state index in [1.165, 1.54) is 0 Å². The third-order valence-corrected chi connectivity index (χ3v) is 2.70. The molecule has 2 atom stereocenters. The van der Waals surface area contributed by atoms with Crippen LogP contribution in [-0.2, 0) is 9.53 Å². The summed E-state index contributed by atoms with van der Waals surface area (Å²) in [5.74, 6) is -0.749. The highest BCUT2D eigenvalue weighted by Crippen LogP contribution is 2.24. The smallest absolute Gasteiger partial charge is 0.304 e. The van der Waals surface area contributed by atoms with E-state index in [2.05, 4.69) is 19.2 Å². The minimum Gasteiger partial charge on any atom is -0.481 e. The monoisotopic (exact) mass is 215 g/mol. The molecule has 0 radical (unpaired) electrons. The molecule has 4 nitrogen and oxygen atoms in total. The van der Waals surface area contributed by atoms with Gasteiger partial charge in [-0.25, -0.2) is 0 Å². The van der Waals surface area contributed by atoms with Crippen LogP contribution < -0.4 is 5.32 Å². The largest absolute Gasteiger partial charge is 0.481 e. The molecule has 4 heteroatoms. The van der Waals surface area contributed by atoms with Crippen molar-refractivity contribution < 1.29 is 14.6 Å². The number of aliphatic carboxylic acids is 1. The second-order valence-electron chi connectivity index (χ2n) is 4.96. The minimum atomic E-state index is -0.749. The molecule has 1 fully saturated rings. The number of hydrogen-bond donors (Lipinski definition) is 2. The van der Waals surface area contributed by atoms with Gasteiger partial charge in [0.15, 0.2) is 0 Å². The third-order valence-electron chi connectivity index (χ3n) is 2.70. The molecule has 0 aromatic rings. The minimum absolute atomic E-state index is 0.0291. The summed E-state index contributed by atoms with van der Waals surface area (Å²) < 4.78 is 5.60. The molecule has 88 valence electrons. The van der Waals surface area contributed by atoms with Crippen LogP contribution in [0.15, 0.2) is 0 Å². The van der Waals surface area contributed by atoms with E-state index >= 15 is 0 Å². The molecule has 1 aliphatic rings. The SMILES string of the molecule is CC(CC(=O)O)NC1CCOC(C)(C)C1. The quantitative estimate of drug-likeness (QED) is 0.744. The normalized spacial score (nSPS) is 27.3. The molecule has 0 bridgehead atoms. The van der Waals surface area contributed by atoms with E-state index in [0.29, 0.717) is 6.04 Å². The predicted molar refractivity (Wildman–Crippen MR) is 57.9 cm³/mol. The zero-order valence-corrected chi connectivity index (χ0v) is 9.75. The van der Waals surface area contributed by atoms with Gasteiger partial charge in [0, 0.05) is 18.7 Å². The standard InChI is InChI=1S/C11H21NO3/c1-8(6-10(13)14)12-9-4-5-15-11(2,3)7-9/h8-9,12H,4-7H2,1-3H3,(H,13,14). The Bertz CT molecular complexity index is 228. The predicted octanol–water partition coefficient (Wildman–Crippen LogP) is 1.40. The maximum atomic E-state index is 10.5. The summed E-state index contributed by atoms with van der Waals surface area (Å²) in [6.07, 6.45) is 2.09. The van der Waals surface area contributed by atoms with Crippen molar-refractivity contribution in [1.82, 2.24) is 5.32 Å². The van der Waals surface area contributed by atoms with Crippen LogP contribution in [-0.4, -0.2) is 35.4 Å². The van der Waals surface area contributed by atoms with E-state index in [4.69, 9.17) is 9.84 Å². The van der Waals surface area contributed by atoms with Gasteiger partial charge in [0.05, 0.1) is 12.0 Å². The first kappa shape index (κ1) is 12.5. The molecule has 1 heterocycles. The Morgan fingerprint density at radius 2 is 2.33 bits per heavy atom. The van der Waals surface area contributed by atoms with Gasteiger partial charge in [-0.1, -0.05) is 0 Å². The van der Waals surface area contributed by atoms with Crippen LogP contribution in [0.1, 0.15) is 40.0 Å². The van der Waals surface area contributed by atoms with Crippen molar-refractivity contribution in [1.29, 1.82) is 0 Å². The number of ether oxygens (including phenoxy) is 1. The topological polar surface area (TPSA) is 58.6 Å². The summed E-state index contributed by atoms with van der Waals surface area (Å²) in [6, 6.07) is 0.407. The van der Waals surface area contributed by atoms with E-state index in [1.807, 2.05) is 6.92 Å². The van der Waals surface area contributed by atoms with Crippen molar-refractivity contribution in [2.75, 3.05) is 6.61 Å². The molecular weight excluding hydrogens is 194 g/mol. The number of carboxylic acids is 1. The van der Waals surface area contributed by atoms with E-state index in [1.54, 1.807) is 0 Å². The molecule has 0 amide bonds. The molecule has 1 rings (SSSR count). The Labute approximate surface area is 91.0 Å². The van der Waals surface area contributed by atoms with Crippen LogP contribution >= 0.6 is 0 Å². The summed E-state index contributed by atoms with van der Waals surface area (Å²) in [5.41, 5.74) is -0.0845. The van der Waals surface area contributed by atoms with Crippen LogP contribution in [0, 0.1) is 0 Å². The molecule has 2 N–H and O–H groups in total. The summed E-state index contributed by atoms with van der Waals surface area (Å²) in [5, 5.41) is 12.0. The highest BCUT2D eigenvalue weighted by atomic mass is 16.5. The van der Waals surface area contributed by atoms with Gasteiger partial charge in [-0.2, -0.15) is 0 Å². The van der Waals surface area contributed by atoms with Gasteiger partial charge in [0.1, 0.15) is 0 Å². The van der Waals surface area contributed by atoms with Crippen molar-refractivity contribution >= 4 is 5.97 Å². The fourth-order valence-corrected chi connectivity index (χ4v) is 2.10. The fraction of sp³-hybridized carbons (Fsp3) is 0.909. The molecule has 0 aromatic heterocycles. The van der Waals surface area contributed by atoms with Crippen molar-refractivity contribution in [3.05, 3.63) is 0 Å². The van der Waals surface area contributed by atoms with Gasteiger partial charge < -0.3 is 15.2 Å². The molecule has 0 aliphatic carbocycles. The Morgan fingerprint density at radius 1 is 1.67 bits per heavy atom. The lowest BCUT2D eigenvalue weighted by atomic mass is 9.93. The Morgan fingerprint density at radius 3 is 2.87 bits per heavy atom. The van der Waals surface area contributed by atoms with Gasteiger partial charge in [0.2, 0.25) is 0 Å². The maximum Gasteiger partial charge on any atom is 0.304 e. The first-order valence-corrected chi connectivity index (χ1v) is 5.51. The van der Waals surface area contributed by atoms with E-state index in [-0.39, 0.29) is 18.1 Å². The molecule has 15 heavy (non-hydrogen) atoms. The van der Waals surface area contributed by atoms with Gasteiger partial charge in [-0.05, 0) is 33.6 Å². The van der Waals surface area contributed by atoms with Crippen LogP contribution in [0.4, 0.5) is 0 Å². The maximum absolute atomic E-state index is 10.5. The van der Waals surface area contributed by atoms with Crippen LogP contribution in [0.25, 0.3) is 0 Å². The molecule has 1 saturated heterocycles. The highest BCUT2D eigenvalue weighted by Gasteiger charge is 2.29. The van der Waals surface area contributed by atoms with Crippen molar-refractivity contribution in [3.63, 3.8) is 0 Å². The second kappa shape index (κ2) is 4.94. The Hall–Kier alpha value is -0.610. The van der Waals surface area contributed by atoms with Gasteiger partial charge >= 0.3 is 5.97 Å². The summed E-state index contributed by atoms with van der Waals surface area (Å²) in [4.78, 5) is 10.5. The Balaban J connectivity index is 2.34. The highest BCUT2D eigenvalue weighted by molar-refractivity contribution is 5.67. The molecule has 2 unspecified atom stereocenters. The first-order valence-electron chi connectivity index (χ1n) is 5.51. The number of rotatable bonds is 4. The number of hydrogen-bond acceptors (Lipinski definition) is 3. The summed E-state index contributed by atoms with van der Waals surface area (Å²) >= 11 is 0. The third kappa shape index (κ3) is 4.62. The Kier molecular flexibility index (Phi) is 4.11. The van der Waals surface area contributed by atoms with Crippen LogP contribution in [0.2, 0.25) is 0 Å². The molecule has 0 aromatic carbocycles. The van der Waals surface area contributed by atoms with Crippen molar-refractivity contribution in [3.8, 4) is 0 Å². The molecule has 0 spiro atoms.